The standard InChI is InChI=1S/C9H19N2O.BrH/c1-9(2)10(3)5-6-11(9,4)7-8-12;/h5-6,12H,7-8H2,1-4H3;1H/q+1;/p-1. The number of hydrogen-bond acceptors (Lipinski definition) is 2. The number of aliphatic hydroxyl groups is 1. The minimum absolute atomic E-state index is 0. The highest BCUT2D eigenvalue weighted by molar-refractivity contribution is 4.90. The Kier molecular flexibility index (Phi) is 3.97. The van der Waals surface area contributed by atoms with Crippen LogP contribution < -0.4 is 17.0 Å². The van der Waals surface area contributed by atoms with Crippen molar-refractivity contribution in [3.63, 3.8) is 0 Å². The summed E-state index contributed by atoms with van der Waals surface area (Å²) in [6.45, 7) is 5.37. The third kappa shape index (κ3) is 1.90. The van der Waals surface area contributed by atoms with Crippen LogP contribution in [0.3, 0.4) is 0 Å². The summed E-state index contributed by atoms with van der Waals surface area (Å²) < 4.78 is 0.778. The Bertz CT molecular complexity index is 206. The van der Waals surface area contributed by atoms with Gasteiger partial charge in [-0.3, -0.25) is 4.48 Å². The number of quaternary nitrogens is 1. The minimum atomic E-state index is 0. The Morgan fingerprint density at radius 2 is 2.00 bits per heavy atom. The van der Waals surface area contributed by atoms with Gasteiger partial charge in [0.15, 0.2) is 5.66 Å². The number of rotatable bonds is 2. The van der Waals surface area contributed by atoms with E-state index in [4.69, 9.17) is 5.11 Å². The molecule has 1 N–H and O–H groups in total. The van der Waals surface area contributed by atoms with Crippen LogP contribution in [0.4, 0.5) is 0 Å². The average molecular weight is 251 g/mol. The van der Waals surface area contributed by atoms with Gasteiger partial charge >= 0.3 is 0 Å². The molecule has 0 saturated heterocycles. The van der Waals surface area contributed by atoms with E-state index in [1.54, 1.807) is 0 Å². The second-order valence-corrected chi connectivity index (χ2v) is 4.12. The van der Waals surface area contributed by atoms with Crippen molar-refractivity contribution < 1.29 is 26.6 Å². The summed E-state index contributed by atoms with van der Waals surface area (Å²) in [5, 5.41) is 8.94. The minimum Gasteiger partial charge on any atom is -1.00 e. The van der Waals surface area contributed by atoms with Crippen LogP contribution in [0, 0.1) is 0 Å². The van der Waals surface area contributed by atoms with E-state index in [1.165, 1.54) is 0 Å². The van der Waals surface area contributed by atoms with Crippen molar-refractivity contribution in [1.29, 1.82) is 0 Å². The molecule has 1 rings (SSSR count). The van der Waals surface area contributed by atoms with Crippen LogP contribution in [-0.4, -0.2) is 47.4 Å². The Hall–Kier alpha value is -0.0600. The molecule has 0 aliphatic carbocycles. The molecule has 0 aromatic carbocycles. The highest BCUT2D eigenvalue weighted by atomic mass is 79.9. The third-order valence-electron chi connectivity index (χ3n) is 3.30. The van der Waals surface area contributed by atoms with Crippen molar-refractivity contribution in [1.82, 2.24) is 4.90 Å². The van der Waals surface area contributed by atoms with Gasteiger partial charge in [-0.2, -0.15) is 0 Å². The molecule has 1 heterocycles. The molecular formula is C9H19BrN2O. The fraction of sp³-hybridized carbons (Fsp3) is 0.778. The second kappa shape index (κ2) is 3.98. The molecule has 4 heteroatoms. The van der Waals surface area contributed by atoms with Gasteiger partial charge in [0.25, 0.3) is 0 Å². The predicted molar refractivity (Wildman–Crippen MR) is 49.1 cm³/mol. The number of likely N-dealkylation sites (N-methyl/N-ethyl adjacent to an activating group) is 1. The summed E-state index contributed by atoms with van der Waals surface area (Å²) in [6.07, 6.45) is 4.21. The number of halogens is 1. The first-order chi connectivity index (χ1) is 5.44. The summed E-state index contributed by atoms with van der Waals surface area (Å²) in [7, 11) is 4.20. The normalized spacial score (nSPS) is 30.4. The first-order valence-electron chi connectivity index (χ1n) is 4.32. The third-order valence-corrected chi connectivity index (χ3v) is 3.30. The van der Waals surface area contributed by atoms with Crippen molar-refractivity contribution >= 4 is 0 Å². The lowest BCUT2D eigenvalue weighted by Crippen LogP contribution is -3.00. The molecule has 78 valence electrons. The van der Waals surface area contributed by atoms with Crippen LogP contribution in [-0.2, 0) is 0 Å². The molecule has 0 saturated carbocycles. The Morgan fingerprint density at radius 3 is 2.31 bits per heavy atom. The Labute approximate surface area is 91.0 Å². The molecule has 0 aromatic heterocycles. The largest absolute Gasteiger partial charge is 1.00 e. The zero-order valence-electron chi connectivity index (χ0n) is 8.79. The SMILES string of the molecule is CN1C=C[N+](C)(CCO)C1(C)C.[Br-]. The van der Waals surface area contributed by atoms with Gasteiger partial charge in [0.2, 0.25) is 0 Å². The summed E-state index contributed by atoms with van der Waals surface area (Å²) in [5.41, 5.74) is 0.0583. The molecule has 0 fully saturated rings. The van der Waals surface area contributed by atoms with E-state index in [9.17, 15) is 0 Å². The van der Waals surface area contributed by atoms with Gasteiger partial charge in [-0.05, 0) is 0 Å². The van der Waals surface area contributed by atoms with Gasteiger partial charge in [0.1, 0.15) is 12.7 Å². The van der Waals surface area contributed by atoms with Gasteiger partial charge < -0.3 is 27.0 Å². The summed E-state index contributed by atoms with van der Waals surface area (Å²) >= 11 is 0. The van der Waals surface area contributed by atoms with E-state index >= 15 is 0 Å². The smallest absolute Gasteiger partial charge is 0.172 e. The molecule has 1 aliphatic heterocycles. The van der Waals surface area contributed by atoms with E-state index in [0.29, 0.717) is 0 Å². The predicted octanol–water partition coefficient (Wildman–Crippen LogP) is -2.42. The van der Waals surface area contributed by atoms with Crippen LogP contribution in [0.2, 0.25) is 0 Å². The molecule has 0 spiro atoms. The lowest BCUT2D eigenvalue weighted by atomic mass is 10.1. The first-order valence-corrected chi connectivity index (χ1v) is 4.32. The number of aliphatic hydroxyl groups excluding tert-OH is 1. The van der Waals surface area contributed by atoms with Crippen LogP contribution >= 0.6 is 0 Å². The molecule has 0 bridgehead atoms. The van der Waals surface area contributed by atoms with Gasteiger partial charge in [-0.25, -0.2) is 0 Å². The average Bonchev–Trinajstić information content (AvgIpc) is 2.16. The summed E-state index contributed by atoms with van der Waals surface area (Å²) in [5.74, 6) is 0. The van der Waals surface area contributed by atoms with E-state index in [0.717, 1.165) is 11.0 Å². The Morgan fingerprint density at radius 1 is 1.46 bits per heavy atom. The lowest BCUT2D eigenvalue weighted by molar-refractivity contribution is -0.913. The quantitative estimate of drug-likeness (QED) is 0.552. The van der Waals surface area contributed by atoms with E-state index < -0.39 is 0 Å². The van der Waals surface area contributed by atoms with Gasteiger partial charge in [-0.1, -0.05) is 0 Å². The molecule has 0 amide bonds. The fourth-order valence-corrected chi connectivity index (χ4v) is 1.53. The highest BCUT2D eigenvalue weighted by Gasteiger charge is 2.45. The van der Waals surface area contributed by atoms with E-state index in [-0.39, 0.29) is 29.3 Å². The monoisotopic (exact) mass is 250 g/mol. The molecule has 3 nitrogen and oxygen atoms in total. The van der Waals surface area contributed by atoms with E-state index in [2.05, 4.69) is 45.2 Å². The molecule has 1 unspecified atom stereocenters. The molecule has 0 aromatic rings. The highest BCUT2D eigenvalue weighted by Crippen LogP contribution is 2.31. The summed E-state index contributed by atoms with van der Waals surface area (Å²) in [6, 6.07) is 0. The zero-order chi connectivity index (χ0) is 9.41. The topological polar surface area (TPSA) is 23.5 Å². The van der Waals surface area contributed by atoms with Gasteiger partial charge in [-0.15, -0.1) is 0 Å². The molecule has 0 radical (unpaired) electrons. The van der Waals surface area contributed by atoms with Gasteiger partial charge in [0, 0.05) is 20.9 Å². The molecule has 1 atom stereocenters. The number of nitrogens with zero attached hydrogens (tertiary/aromatic N) is 2. The van der Waals surface area contributed by atoms with Crippen molar-refractivity contribution in [3.8, 4) is 0 Å². The van der Waals surface area contributed by atoms with Crippen LogP contribution in [0.1, 0.15) is 13.8 Å². The summed E-state index contributed by atoms with van der Waals surface area (Å²) in [4.78, 5) is 2.18. The zero-order valence-corrected chi connectivity index (χ0v) is 10.4. The van der Waals surface area contributed by atoms with Crippen LogP contribution in [0.5, 0.6) is 0 Å². The number of hydrogen-bond donors (Lipinski definition) is 1. The van der Waals surface area contributed by atoms with Crippen molar-refractivity contribution in [3.05, 3.63) is 12.4 Å². The fourth-order valence-electron chi connectivity index (χ4n) is 1.53. The maximum Gasteiger partial charge on any atom is 0.172 e. The van der Waals surface area contributed by atoms with Crippen molar-refractivity contribution in [2.75, 3.05) is 27.2 Å². The van der Waals surface area contributed by atoms with Gasteiger partial charge in [0.05, 0.1) is 19.9 Å². The first kappa shape index (κ1) is 12.9. The Balaban J connectivity index is 0.00000144. The van der Waals surface area contributed by atoms with Crippen molar-refractivity contribution in [2.45, 2.75) is 19.5 Å². The van der Waals surface area contributed by atoms with Crippen LogP contribution in [0.15, 0.2) is 12.4 Å². The molecular weight excluding hydrogens is 232 g/mol. The molecule has 13 heavy (non-hydrogen) atoms. The second-order valence-electron chi connectivity index (χ2n) is 4.12. The maximum absolute atomic E-state index is 8.94. The van der Waals surface area contributed by atoms with E-state index in [1.807, 2.05) is 0 Å². The van der Waals surface area contributed by atoms with Crippen molar-refractivity contribution in [2.24, 2.45) is 0 Å². The maximum atomic E-state index is 8.94. The van der Waals surface area contributed by atoms with Crippen LogP contribution in [0.25, 0.3) is 0 Å². The lowest BCUT2D eigenvalue weighted by Gasteiger charge is -2.43. The molecule has 1 aliphatic rings.